The zero-order valence-corrected chi connectivity index (χ0v) is 12.9. The smallest absolute Gasteiger partial charge is 0.359 e. The minimum absolute atomic E-state index is 0.218. The Morgan fingerprint density at radius 2 is 1.65 bits per heavy atom. The molecule has 0 radical (unpaired) electrons. The molecule has 0 aliphatic rings. The van der Waals surface area contributed by atoms with E-state index in [1.807, 2.05) is 48.5 Å². The second kappa shape index (κ2) is 6.44. The summed E-state index contributed by atoms with van der Waals surface area (Å²) in [6.45, 7) is 2.05. The molecule has 23 heavy (non-hydrogen) atoms. The lowest BCUT2D eigenvalue weighted by Gasteiger charge is -2.10. The van der Waals surface area contributed by atoms with Gasteiger partial charge in [0.2, 0.25) is 0 Å². The summed E-state index contributed by atoms with van der Waals surface area (Å²) in [5.74, 6) is 0.261. The molecule has 5 heteroatoms. The summed E-state index contributed by atoms with van der Waals surface area (Å²) in [7, 11) is 1.61. The number of ether oxygens (including phenoxy) is 2. The van der Waals surface area contributed by atoms with Gasteiger partial charge in [0.1, 0.15) is 11.4 Å². The van der Waals surface area contributed by atoms with Crippen LogP contribution in [-0.4, -0.2) is 29.7 Å². The zero-order valence-electron chi connectivity index (χ0n) is 12.9. The van der Waals surface area contributed by atoms with Gasteiger partial charge in [0.15, 0.2) is 5.69 Å². The molecule has 0 aliphatic heterocycles. The van der Waals surface area contributed by atoms with Crippen molar-refractivity contribution in [3.05, 3.63) is 54.2 Å². The van der Waals surface area contributed by atoms with Crippen molar-refractivity contribution in [2.45, 2.75) is 6.92 Å². The third-order valence-corrected chi connectivity index (χ3v) is 3.40. The van der Waals surface area contributed by atoms with E-state index >= 15 is 0 Å². The second-order valence-electron chi connectivity index (χ2n) is 4.86. The van der Waals surface area contributed by atoms with Crippen LogP contribution in [0.3, 0.4) is 0 Å². The number of carbonyl (C=O) groups is 1. The summed E-state index contributed by atoms with van der Waals surface area (Å²) in [6, 6.07) is 14.8. The molecule has 0 bridgehead atoms. The van der Waals surface area contributed by atoms with Crippen molar-refractivity contribution in [1.82, 2.24) is 9.97 Å². The Labute approximate surface area is 133 Å². The first kappa shape index (κ1) is 15.0. The van der Waals surface area contributed by atoms with Gasteiger partial charge < -0.3 is 9.47 Å². The van der Waals surface area contributed by atoms with Gasteiger partial charge in [-0.3, -0.25) is 0 Å². The minimum atomic E-state index is -0.475. The maximum absolute atomic E-state index is 12.3. The molecule has 0 amide bonds. The molecular formula is C18H16N2O3. The summed E-state index contributed by atoms with van der Waals surface area (Å²) in [5, 5.41) is 0. The molecule has 0 unspecified atom stereocenters. The van der Waals surface area contributed by atoms with Crippen molar-refractivity contribution >= 4 is 17.0 Å². The quantitative estimate of drug-likeness (QED) is 0.690. The predicted molar refractivity (Wildman–Crippen MR) is 87.5 cm³/mol. The monoisotopic (exact) mass is 308 g/mol. The molecule has 0 saturated carbocycles. The van der Waals surface area contributed by atoms with E-state index in [9.17, 15) is 4.79 Å². The molecule has 3 rings (SSSR count). The molecule has 0 saturated heterocycles. The summed E-state index contributed by atoms with van der Waals surface area (Å²) in [5.41, 5.74) is 2.90. The normalized spacial score (nSPS) is 10.5. The van der Waals surface area contributed by atoms with Crippen LogP contribution in [-0.2, 0) is 4.74 Å². The van der Waals surface area contributed by atoms with Gasteiger partial charge >= 0.3 is 5.97 Å². The fraction of sp³-hybridized carbons (Fsp3) is 0.167. The van der Waals surface area contributed by atoms with Crippen LogP contribution in [0.5, 0.6) is 5.75 Å². The lowest BCUT2D eigenvalue weighted by atomic mass is 10.1. The standard InChI is InChI=1S/C18H16N2O3/c1-3-23-18(21)17-16(12-8-10-13(22-2)11-9-12)19-14-6-4-5-7-15(14)20-17/h4-11H,3H2,1-2H3. The number of aromatic nitrogens is 2. The van der Waals surface area contributed by atoms with E-state index in [-0.39, 0.29) is 12.3 Å². The molecule has 0 atom stereocenters. The maximum atomic E-state index is 12.3. The number of hydrogen-bond donors (Lipinski definition) is 0. The first-order valence-corrected chi connectivity index (χ1v) is 7.31. The molecule has 116 valence electrons. The number of para-hydroxylation sites is 2. The van der Waals surface area contributed by atoms with Gasteiger partial charge in [0.05, 0.1) is 24.8 Å². The highest BCUT2D eigenvalue weighted by atomic mass is 16.5. The van der Waals surface area contributed by atoms with Crippen LogP contribution in [0.2, 0.25) is 0 Å². The highest BCUT2D eigenvalue weighted by Gasteiger charge is 2.19. The van der Waals surface area contributed by atoms with E-state index in [0.29, 0.717) is 11.2 Å². The predicted octanol–water partition coefficient (Wildman–Crippen LogP) is 3.48. The second-order valence-corrected chi connectivity index (χ2v) is 4.86. The molecule has 0 fully saturated rings. The number of fused-ring (bicyclic) bond motifs is 1. The number of benzene rings is 2. The Bertz CT molecular complexity index is 845. The van der Waals surface area contributed by atoms with Gasteiger partial charge in [-0.05, 0) is 43.3 Å². The Morgan fingerprint density at radius 3 is 2.26 bits per heavy atom. The van der Waals surface area contributed by atoms with E-state index in [1.54, 1.807) is 14.0 Å². The Balaban J connectivity index is 2.18. The third-order valence-electron chi connectivity index (χ3n) is 3.40. The number of rotatable bonds is 4. The van der Waals surface area contributed by atoms with Crippen LogP contribution >= 0.6 is 0 Å². The number of carbonyl (C=O) groups excluding carboxylic acids is 1. The molecular weight excluding hydrogens is 292 g/mol. The van der Waals surface area contributed by atoms with Crippen LogP contribution in [0.1, 0.15) is 17.4 Å². The van der Waals surface area contributed by atoms with Crippen LogP contribution in [0.25, 0.3) is 22.3 Å². The van der Waals surface area contributed by atoms with E-state index in [4.69, 9.17) is 9.47 Å². The van der Waals surface area contributed by atoms with Gasteiger partial charge in [-0.1, -0.05) is 12.1 Å². The zero-order chi connectivity index (χ0) is 16.2. The first-order chi connectivity index (χ1) is 11.2. The molecule has 2 aromatic carbocycles. The molecule has 0 N–H and O–H groups in total. The number of hydrogen-bond acceptors (Lipinski definition) is 5. The Hall–Kier alpha value is -2.95. The maximum Gasteiger partial charge on any atom is 0.359 e. The van der Waals surface area contributed by atoms with Crippen molar-refractivity contribution in [3.8, 4) is 17.0 Å². The molecule has 0 aliphatic carbocycles. The topological polar surface area (TPSA) is 61.3 Å². The molecule has 1 heterocycles. The number of methoxy groups -OCH3 is 1. The number of esters is 1. The highest BCUT2D eigenvalue weighted by molar-refractivity contribution is 5.96. The van der Waals surface area contributed by atoms with Crippen molar-refractivity contribution in [1.29, 1.82) is 0 Å². The molecule has 1 aromatic heterocycles. The molecule has 3 aromatic rings. The fourth-order valence-corrected chi connectivity index (χ4v) is 2.29. The van der Waals surface area contributed by atoms with Gasteiger partial charge in [-0.25, -0.2) is 14.8 Å². The summed E-state index contributed by atoms with van der Waals surface area (Å²) >= 11 is 0. The Morgan fingerprint density at radius 1 is 1.00 bits per heavy atom. The van der Waals surface area contributed by atoms with Crippen molar-refractivity contribution in [2.24, 2.45) is 0 Å². The van der Waals surface area contributed by atoms with E-state index in [0.717, 1.165) is 16.8 Å². The van der Waals surface area contributed by atoms with Gasteiger partial charge in [-0.2, -0.15) is 0 Å². The van der Waals surface area contributed by atoms with Gasteiger partial charge in [0.25, 0.3) is 0 Å². The van der Waals surface area contributed by atoms with Crippen molar-refractivity contribution in [2.75, 3.05) is 13.7 Å². The van der Waals surface area contributed by atoms with Crippen LogP contribution in [0.4, 0.5) is 0 Å². The first-order valence-electron chi connectivity index (χ1n) is 7.31. The largest absolute Gasteiger partial charge is 0.497 e. The minimum Gasteiger partial charge on any atom is -0.497 e. The van der Waals surface area contributed by atoms with Crippen LogP contribution in [0, 0.1) is 0 Å². The van der Waals surface area contributed by atoms with E-state index in [2.05, 4.69) is 9.97 Å². The summed E-state index contributed by atoms with van der Waals surface area (Å²) in [4.78, 5) is 21.3. The van der Waals surface area contributed by atoms with E-state index in [1.165, 1.54) is 0 Å². The Kier molecular flexibility index (Phi) is 4.19. The molecule has 0 spiro atoms. The lowest BCUT2D eigenvalue weighted by molar-refractivity contribution is 0.0520. The highest BCUT2D eigenvalue weighted by Crippen LogP contribution is 2.26. The SMILES string of the molecule is CCOC(=O)c1nc2ccccc2nc1-c1ccc(OC)cc1. The summed E-state index contributed by atoms with van der Waals surface area (Å²) in [6.07, 6.45) is 0. The van der Waals surface area contributed by atoms with Crippen molar-refractivity contribution < 1.29 is 14.3 Å². The van der Waals surface area contributed by atoms with Gasteiger partial charge in [-0.15, -0.1) is 0 Å². The average Bonchev–Trinajstić information content (AvgIpc) is 2.61. The lowest BCUT2D eigenvalue weighted by Crippen LogP contribution is -2.10. The molecule has 5 nitrogen and oxygen atoms in total. The average molecular weight is 308 g/mol. The van der Waals surface area contributed by atoms with E-state index < -0.39 is 5.97 Å². The number of nitrogens with zero attached hydrogens (tertiary/aromatic N) is 2. The van der Waals surface area contributed by atoms with Crippen LogP contribution < -0.4 is 4.74 Å². The fourth-order valence-electron chi connectivity index (χ4n) is 2.29. The third kappa shape index (κ3) is 2.99. The van der Waals surface area contributed by atoms with Crippen LogP contribution in [0.15, 0.2) is 48.5 Å². The van der Waals surface area contributed by atoms with Gasteiger partial charge in [0, 0.05) is 5.56 Å². The summed E-state index contributed by atoms with van der Waals surface area (Å²) < 4.78 is 10.3. The van der Waals surface area contributed by atoms with Crippen molar-refractivity contribution in [3.63, 3.8) is 0 Å².